The third kappa shape index (κ3) is 4.97. The number of benzene rings is 2. The van der Waals surface area contributed by atoms with Crippen molar-refractivity contribution in [3.05, 3.63) is 168 Å². The maximum absolute atomic E-state index is 2.70. The molecule has 6 aliphatic carbocycles. The van der Waals surface area contributed by atoms with E-state index in [4.69, 9.17) is 0 Å². The summed E-state index contributed by atoms with van der Waals surface area (Å²) in [5.41, 5.74) is 8.92. The summed E-state index contributed by atoms with van der Waals surface area (Å²) in [7, 11) is 0. The SMILES string of the molecule is C1=CCC(n2c3ccccc3c3cc(C4C=CC=CC4C4CCCC=C4C4CC=C5C(C4)C4C=CC=CC4N5C4=CCCC=C4)ccc32)C=C1. The maximum atomic E-state index is 2.70. The summed E-state index contributed by atoms with van der Waals surface area (Å²) in [6, 6.07) is 17.3. The van der Waals surface area contributed by atoms with Crippen molar-refractivity contribution in [2.45, 2.75) is 69.4 Å². The van der Waals surface area contributed by atoms with Gasteiger partial charge in [0.1, 0.15) is 0 Å². The van der Waals surface area contributed by atoms with Gasteiger partial charge in [-0.25, -0.2) is 0 Å². The summed E-state index contributed by atoms with van der Waals surface area (Å²) in [6.07, 6.45) is 50.5. The molecule has 2 heterocycles. The highest BCUT2D eigenvalue weighted by Crippen LogP contribution is 2.54. The fourth-order valence-electron chi connectivity index (χ4n) is 10.9. The fourth-order valence-corrected chi connectivity index (χ4v) is 10.9. The van der Waals surface area contributed by atoms with E-state index in [1.165, 1.54) is 71.6 Å². The first-order valence-electron chi connectivity index (χ1n) is 19.5. The highest BCUT2D eigenvalue weighted by Gasteiger charge is 2.47. The molecule has 0 N–H and O–H groups in total. The van der Waals surface area contributed by atoms with E-state index in [0.717, 1.165) is 12.8 Å². The molecule has 250 valence electrons. The Morgan fingerprint density at radius 2 is 1.50 bits per heavy atom. The molecular formula is C48H48N2. The highest BCUT2D eigenvalue weighted by molar-refractivity contribution is 6.08. The number of para-hydroxylation sites is 1. The number of likely N-dealkylation sites (tertiary alicyclic amines) is 1. The van der Waals surface area contributed by atoms with Crippen molar-refractivity contribution in [1.82, 2.24) is 9.47 Å². The molecule has 8 atom stereocenters. The molecule has 0 saturated carbocycles. The Bertz CT molecular complexity index is 2130. The Hall–Kier alpha value is -4.56. The van der Waals surface area contributed by atoms with Crippen molar-refractivity contribution in [2.75, 3.05) is 0 Å². The van der Waals surface area contributed by atoms with Gasteiger partial charge in [-0.3, -0.25) is 0 Å². The Labute approximate surface area is 297 Å². The molecule has 0 radical (unpaired) electrons. The number of hydrogen-bond acceptors (Lipinski definition) is 1. The number of nitrogens with zero attached hydrogens (tertiary/aromatic N) is 2. The van der Waals surface area contributed by atoms with Gasteiger partial charge in [0.05, 0.1) is 12.1 Å². The normalized spacial score (nSPS) is 32.7. The predicted molar refractivity (Wildman–Crippen MR) is 209 cm³/mol. The zero-order valence-electron chi connectivity index (χ0n) is 29.0. The molecular weight excluding hydrogens is 605 g/mol. The molecule has 0 amide bonds. The van der Waals surface area contributed by atoms with E-state index in [1.807, 2.05) is 0 Å². The van der Waals surface area contributed by atoms with E-state index in [0.29, 0.717) is 47.6 Å². The Balaban J connectivity index is 0.977. The lowest BCUT2D eigenvalue weighted by atomic mass is 9.64. The lowest BCUT2D eigenvalue weighted by Crippen LogP contribution is -2.30. The topological polar surface area (TPSA) is 8.17 Å². The molecule has 0 bridgehead atoms. The Morgan fingerprint density at radius 3 is 2.40 bits per heavy atom. The number of aromatic nitrogens is 1. The van der Waals surface area contributed by atoms with Crippen molar-refractivity contribution in [2.24, 2.45) is 29.6 Å². The fraction of sp³-hybridized carbons (Fsp3) is 0.333. The maximum Gasteiger partial charge on any atom is 0.0591 e. The average molecular weight is 653 g/mol. The molecule has 0 spiro atoms. The summed E-state index contributed by atoms with van der Waals surface area (Å²) < 4.78 is 2.57. The highest BCUT2D eigenvalue weighted by atomic mass is 15.2. The summed E-state index contributed by atoms with van der Waals surface area (Å²) in [5.74, 6) is 3.23. The van der Waals surface area contributed by atoms with Crippen LogP contribution in [0.4, 0.5) is 0 Å². The first-order valence-corrected chi connectivity index (χ1v) is 19.5. The quantitative estimate of drug-likeness (QED) is 0.249. The number of fused-ring (bicyclic) bond motifs is 6. The van der Waals surface area contributed by atoms with Gasteiger partial charge in [-0.2, -0.15) is 0 Å². The predicted octanol–water partition coefficient (Wildman–Crippen LogP) is 12.0. The van der Waals surface area contributed by atoms with Crippen molar-refractivity contribution < 1.29 is 0 Å². The van der Waals surface area contributed by atoms with Crippen LogP contribution < -0.4 is 0 Å². The zero-order chi connectivity index (χ0) is 33.0. The van der Waals surface area contributed by atoms with Gasteiger partial charge in [-0.1, -0.05) is 127 Å². The lowest BCUT2D eigenvalue weighted by Gasteiger charge is -2.41. The second kappa shape index (κ2) is 12.6. The van der Waals surface area contributed by atoms with Crippen LogP contribution in [0.15, 0.2) is 163 Å². The van der Waals surface area contributed by atoms with Crippen molar-refractivity contribution in [1.29, 1.82) is 0 Å². The minimum atomic E-state index is 0.358. The van der Waals surface area contributed by atoms with Gasteiger partial charge in [0.25, 0.3) is 0 Å². The molecule has 1 fully saturated rings. The van der Waals surface area contributed by atoms with Crippen LogP contribution in [0.25, 0.3) is 21.8 Å². The number of rotatable bonds is 5. The molecule has 2 nitrogen and oxygen atoms in total. The van der Waals surface area contributed by atoms with Gasteiger partial charge in [-0.05, 0) is 99.0 Å². The Morgan fingerprint density at radius 1 is 0.640 bits per heavy atom. The van der Waals surface area contributed by atoms with Gasteiger partial charge < -0.3 is 9.47 Å². The second-order valence-corrected chi connectivity index (χ2v) is 15.6. The second-order valence-electron chi connectivity index (χ2n) is 15.6. The van der Waals surface area contributed by atoms with Crippen LogP contribution in [-0.2, 0) is 0 Å². The van der Waals surface area contributed by atoms with Gasteiger partial charge in [0.2, 0.25) is 0 Å². The third-order valence-electron chi connectivity index (χ3n) is 13.0. The van der Waals surface area contributed by atoms with E-state index in [9.17, 15) is 0 Å². The van der Waals surface area contributed by atoms with E-state index in [1.54, 1.807) is 11.3 Å². The van der Waals surface area contributed by atoms with E-state index in [-0.39, 0.29) is 0 Å². The van der Waals surface area contributed by atoms with Crippen LogP contribution in [0.1, 0.15) is 68.9 Å². The standard InChI is InChI=1S/C48H48N2/c1-3-15-35(16-4-1)49-45-25-13-11-23-41(45)43-31-33(27-29-47(43)49)37-19-7-9-21-39(37)40-22-10-8-20-38(40)34-28-30-48-44(32-34)42-24-12-14-26-46(42)50(48)36-17-5-2-6-18-36/h1,3-5,7,9,11-15,17-21,23-27,29-31,34-35,37,39-40,42,44,46H,2,6,8,10,16,22,28,32H2. The van der Waals surface area contributed by atoms with Crippen LogP contribution >= 0.6 is 0 Å². The van der Waals surface area contributed by atoms with Crippen LogP contribution in [0.2, 0.25) is 0 Å². The first kappa shape index (κ1) is 30.3. The minimum absolute atomic E-state index is 0.358. The largest absolute Gasteiger partial charge is 0.338 e. The summed E-state index contributed by atoms with van der Waals surface area (Å²) in [5, 5.41) is 2.77. The van der Waals surface area contributed by atoms with Gasteiger partial charge in [-0.15, -0.1) is 0 Å². The van der Waals surface area contributed by atoms with Gasteiger partial charge in [0, 0.05) is 51.0 Å². The van der Waals surface area contributed by atoms with Crippen molar-refractivity contribution >= 4 is 21.8 Å². The van der Waals surface area contributed by atoms with E-state index in [2.05, 4.69) is 155 Å². The van der Waals surface area contributed by atoms with Crippen LogP contribution in [0.3, 0.4) is 0 Å². The van der Waals surface area contributed by atoms with Crippen LogP contribution in [-0.4, -0.2) is 15.5 Å². The van der Waals surface area contributed by atoms with E-state index < -0.39 is 0 Å². The summed E-state index contributed by atoms with van der Waals surface area (Å²) >= 11 is 0. The molecule has 50 heavy (non-hydrogen) atoms. The van der Waals surface area contributed by atoms with Gasteiger partial charge >= 0.3 is 0 Å². The summed E-state index contributed by atoms with van der Waals surface area (Å²) in [4.78, 5) is 2.70. The van der Waals surface area contributed by atoms with Crippen LogP contribution in [0.5, 0.6) is 0 Å². The number of hydrogen-bond donors (Lipinski definition) is 0. The zero-order valence-corrected chi connectivity index (χ0v) is 29.0. The number of allylic oxidation sites excluding steroid dienone is 17. The van der Waals surface area contributed by atoms with Crippen molar-refractivity contribution in [3.63, 3.8) is 0 Å². The first-order chi connectivity index (χ1) is 24.8. The van der Waals surface area contributed by atoms with E-state index >= 15 is 0 Å². The Kier molecular flexibility index (Phi) is 7.66. The average Bonchev–Trinajstić information content (AvgIpc) is 3.71. The molecule has 10 rings (SSSR count). The molecule has 1 saturated heterocycles. The molecule has 1 aromatic heterocycles. The van der Waals surface area contributed by atoms with Gasteiger partial charge in [0.15, 0.2) is 0 Å². The summed E-state index contributed by atoms with van der Waals surface area (Å²) in [6.45, 7) is 0. The minimum Gasteiger partial charge on any atom is -0.338 e. The molecule has 8 unspecified atom stereocenters. The van der Waals surface area contributed by atoms with Crippen molar-refractivity contribution in [3.8, 4) is 0 Å². The third-order valence-corrected chi connectivity index (χ3v) is 13.0. The molecule has 3 aromatic rings. The monoisotopic (exact) mass is 652 g/mol. The molecule has 7 aliphatic rings. The molecule has 1 aliphatic heterocycles. The molecule has 2 aromatic carbocycles. The lowest BCUT2D eigenvalue weighted by molar-refractivity contribution is 0.301. The van der Waals surface area contributed by atoms with Crippen LogP contribution in [0, 0.1) is 29.6 Å². The molecule has 2 heteroatoms. The smallest absolute Gasteiger partial charge is 0.0591 e.